The number of benzene rings is 1. The summed E-state index contributed by atoms with van der Waals surface area (Å²) in [6, 6.07) is 6.14. The molecule has 84 valence electrons. The summed E-state index contributed by atoms with van der Waals surface area (Å²) < 4.78 is 27.6. The summed E-state index contributed by atoms with van der Waals surface area (Å²) in [4.78, 5) is 0.102. The molecule has 1 rings (SSSR count). The first-order valence-electron chi connectivity index (χ1n) is 4.50. The zero-order chi connectivity index (χ0) is 11.7. The molecule has 6 heteroatoms. The van der Waals surface area contributed by atoms with Crippen molar-refractivity contribution in [3.63, 3.8) is 0 Å². The summed E-state index contributed by atoms with van der Waals surface area (Å²) in [6.07, 6.45) is 0. The van der Waals surface area contributed by atoms with Gasteiger partial charge in [-0.25, -0.2) is 13.6 Å². The minimum absolute atomic E-state index is 0.102. The normalized spacial score (nSPS) is 12.5. The van der Waals surface area contributed by atoms with E-state index in [2.05, 4.69) is 19.6 Å². The van der Waals surface area contributed by atoms with E-state index < -0.39 is 18.3 Å². The summed E-state index contributed by atoms with van der Waals surface area (Å²) in [5.74, 6) is 0.682. The van der Waals surface area contributed by atoms with E-state index in [0.29, 0.717) is 5.75 Å². The van der Waals surface area contributed by atoms with Crippen molar-refractivity contribution in [2.24, 2.45) is 5.14 Å². The van der Waals surface area contributed by atoms with Gasteiger partial charge in [0.1, 0.15) is 5.75 Å². The molecule has 0 spiro atoms. The lowest BCUT2D eigenvalue weighted by Crippen LogP contribution is -2.29. The van der Waals surface area contributed by atoms with Crippen LogP contribution in [0, 0.1) is 0 Å². The highest BCUT2D eigenvalue weighted by Crippen LogP contribution is 2.18. The van der Waals surface area contributed by atoms with Crippen LogP contribution in [0.4, 0.5) is 0 Å². The first-order chi connectivity index (χ1) is 6.68. The number of rotatable bonds is 3. The van der Waals surface area contributed by atoms with Gasteiger partial charge in [-0.3, -0.25) is 0 Å². The number of hydrogen-bond acceptors (Lipinski definition) is 3. The molecule has 0 radical (unpaired) electrons. The van der Waals surface area contributed by atoms with Crippen molar-refractivity contribution in [1.82, 2.24) is 0 Å². The predicted octanol–water partition coefficient (Wildman–Crippen LogP) is 1.55. The molecule has 0 heterocycles. The summed E-state index contributed by atoms with van der Waals surface area (Å²) in [5.41, 5.74) is 0. The van der Waals surface area contributed by atoms with Crippen LogP contribution in [0.3, 0.4) is 0 Å². The molecule has 0 saturated heterocycles. The zero-order valence-electron chi connectivity index (χ0n) is 9.02. The maximum Gasteiger partial charge on any atom is 0.242 e. The van der Waals surface area contributed by atoms with Gasteiger partial charge in [-0.05, 0) is 43.9 Å². The molecule has 0 aliphatic heterocycles. The molecule has 0 atom stereocenters. The highest BCUT2D eigenvalue weighted by molar-refractivity contribution is 7.89. The van der Waals surface area contributed by atoms with E-state index in [9.17, 15) is 8.42 Å². The van der Waals surface area contributed by atoms with Gasteiger partial charge in [0.25, 0.3) is 0 Å². The average Bonchev–Trinajstić information content (AvgIpc) is 2.00. The molecular formula is C9H15NO3SSi. The lowest BCUT2D eigenvalue weighted by molar-refractivity contribution is 0.557. The molecule has 0 amide bonds. The monoisotopic (exact) mass is 245 g/mol. The van der Waals surface area contributed by atoms with Crippen LogP contribution in [0.15, 0.2) is 29.2 Å². The molecule has 15 heavy (non-hydrogen) atoms. The maximum absolute atomic E-state index is 11.0. The van der Waals surface area contributed by atoms with Crippen molar-refractivity contribution in [2.75, 3.05) is 0 Å². The Kier molecular flexibility index (Phi) is 3.22. The fourth-order valence-corrected chi connectivity index (χ4v) is 2.41. The molecule has 1 aromatic rings. The van der Waals surface area contributed by atoms with Crippen LogP contribution in [0.5, 0.6) is 5.75 Å². The lowest BCUT2D eigenvalue weighted by atomic mass is 10.3. The second-order valence-corrected chi connectivity index (χ2v) is 10.2. The fraction of sp³-hybridized carbons (Fsp3) is 0.333. The predicted molar refractivity (Wildman–Crippen MR) is 61.8 cm³/mol. The quantitative estimate of drug-likeness (QED) is 0.821. The van der Waals surface area contributed by atoms with Crippen molar-refractivity contribution in [1.29, 1.82) is 0 Å². The third kappa shape index (κ3) is 4.02. The molecule has 0 aliphatic carbocycles. The summed E-state index contributed by atoms with van der Waals surface area (Å²) in [7, 11) is -5.25. The Morgan fingerprint density at radius 3 is 1.93 bits per heavy atom. The van der Waals surface area contributed by atoms with Gasteiger partial charge in [0.2, 0.25) is 18.3 Å². The highest BCUT2D eigenvalue weighted by Gasteiger charge is 2.16. The highest BCUT2D eigenvalue weighted by atomic mass is 32.2. The topological polar surface area (TPSA) is 69.4 Å². The van der Waals surface area contributed by atoms with Crippen molar-refractivity contribution >= 4 is 18.3 Å². The van der Waals surface area contributed by atoms with Crippen molar-refractivity contribution in [2.45, 2.75) is 24.5 Å². The molecule has 4 nitrogen and oxygen atoms in total. The van der Waals surface area contributed by atoms with E-state index in [4.69, 9.17) is 9.56 Å². The van der Waals surface area contributed by atoms with E-state index in [0.717, 1.165) is 0 Å². The molecule has 0 aliphatic rings. The molecular weight excluding hydrogens is 230 g/mol. The van der Waals surface area contributed by atoms with Gasteiger partial charge in [-0.1, -0.05) is 0 Å². The van der Waals surface area contributed by atoms with E-state index in [-0.39, 0.29) is 4.90 Å². The Morgan fingerprint density at radius 1 is 1.13 bits per heavy atom. The largest absolute Gasteiger partial charge is 0.544 e. The van der Waals surface area contributed by atoms with E-state index >= 15 is 0 Å². The van der Waals surface area contributed by atoms with E-state index in [1.54, 1.807) is 12.1 Å². The first-order valence-corrected chi connectivity index (χ1v) is 9.46. The Labute approximate surface area is 91.2 Å². The zero-order valence-corrected chi connectivity index (χ0v) is 10.8. The minimum atomic E-state index is -3.61. The van der Waals surface area contributed by atoms with Gasteiger partial charge in [0, 0.05) is 0 Å². The smallest absolute Gasteiger partial charge is 0.242 e. The second-order valence-electron chi connectivity index (χ2n) is 4.23. The summed E-state index contributed by atoms with van der Waals surface area (Å²) in [6.45, 7) is 6.17. The number of hydrogen-bond donors (Lipinski definition) is 1. The molecule has 0 bridgehead atoms. The molecule has 0 fully saturated rings. The number of primary sulfonamides is 1. The Morgan fingerprint density at radius 2 is 1.60 bits per heavy atom. The summed E-state index contributed by atoms with van der Waals surface area (Å²) in [5, 5.41) is 4.97. The van der Waals surface area contributed by atoms with Gasteiger partial charge < -0.3 is 4.43 Å². The van der Waals surface area contributed by atoms with E-state index in [1.807, 2.05) is 0 Å². The van der Waals surface area contributed by atoms with Gasteiger partial charge in [0.05, 0.1) is 4.90 Å². The fourth-order valence-electron chi connectivity index (χ4n) is 1.05. The molecule has 0 unspecified atom stereocenters. The first kappa shape index (κ1) is 12.2. The van der Waals surface area contributed by atoms with Gasteiger partial charge in [-0.2, -0.15) is 0 Å². The Balaban J connectivity index is 2.92. The van der Waals surface area contributed by atoms with Crippen LogP contribution in [0.25, 0.3) is 0 Å². The van der Waals surface area contributed by atoms with Crippen molar-refractivity contribution < 1.29 is 12.8 Å². The van der Waals surface area contributed by atoms with Crippen LogP contribution in [-0.4, -0.2) is 16.7 Å². The standard InChI is InChI=1S/C9H15NO3SSi/c1-15(2,3)13-8-4-6-9(7-5-8)14(10,11)12/h4-7H,1-3H3,(H2,10,11,12). The summed E-state index contributed by atoms with van der Waals surface area (Å²) >= 11 is 0. The Bertz CT molecular complexity index is 433. The van der Waals surface area contributed by atoms with Gasteiger partial charge in [0.15, 0.2) is 0 Å². The van der Waals surface area contributed by atoms with Crippen LogP contribution >= 0.6 is 0 Å². The Hall–Kier alpha value is -0.853. The lowest BCUT2D eigenvalue weighted by Gasteiger charge is -2.18. The SMILES string of the molecule is C[Si](C)(C)Oc1ccc(S(N)(=O)=O)cc1. The minimum Gasteiger partial charge on any atom is -0.544 e. The van der Waals surface area contributed by atoms with Crippen LogP contribution in [0.1, 0.15) is 0 Å². The van der Waals surface area contributed by atoms with Crippen LogP contribution in [-0.2, 0) is 10.0 Å². The van der Waals surface area contributed by atoms with Crippen molar-refractivity contribution in [3.05, 3.63) is 24.3 Å². The third-order valence-corrected chi connectivity index (χ3v) is 3.35. The number of nitrogens with two attached hydrogens (primary N) is 1. The number of sulfonamides is 1. The van der Waals surface area contributed by atoms with Gasteiger partial charge >= 0.3 is 0 Å². The second kappa shape index (κ2) is 3.95. The van der Waals surface area contributed by atoms with Crippen LogP contribution in [0.2, 0.25) is 19.6 Å². The molecule has 2 N–H and O–H groups in total. The van der Waals surface area contributed by atoms with Crippen molar-refractivity contribution in [3.8, 4) is 5.75 Å². The molecule has 0 saturated carbocycles. The third-order valence-electron chi connectivity index (χ3n) is 1.58. The molecule has 1 aromatic carbocycles. The molecule has 0 aromatic heterocycles. The average molecular weight is 245 g/mol. The van der Waals surface area contributed by atoms with Crippen LogP contribution < -0.4 is 9.56 Å². The van der Waals surface area contributed by atoms with Gasteiger partial charge in [-0.15, -0.1) is 0 Å². The maximum atomic E-state index is 11.0. The van der Waals surface area contributed by atoms with E-state index in [1.165, 1.54) is 12.1 Å².